The molecule has 0 amide bonds. The summed E-state index contributed by atoms with van der Waals surface area (Å²) in [6.45, 7) is 5.60. The van der Waals surface area contributed by atoms with Gasteiger partial charge in [-0.25, -0.2) is 4.79 Å². The minimum atomic E-state index is -1.93. The highest BCUT2D eigenvalue weighted by atomic mass is 16.7. The van der Waals surface area contributed by atoms with Crippen molar-refractivity contribution < 1.29 is 58.2 Å². The molecule has 0 aromatic carbocycles. The van der Waals surface area contributed by atoms with Crippen molar-refractivity contribution in [2.45, 2.75) is 237 Å². The van der Waals surface area contributed by atoms with Crippen molar-refractivity contribution in [3.05, 3.63) is 122 Å². The molecule has 422 valence electrons. The van der Waals surface area contributed by atoms with Crippen molar-refractivity contribution in [3.8, 4) is 0 Å². The summed E-state index contributed by atoms with van der Waals surface area (Å²) < 4.78 is 28.2. The molecule has 0 aliphatic carbocycles. The Labute approximate surface area is 452 Å². The molecule has 1 aliphatic heterocycles. The van der Waals surface area contributed by atoms with Gasteiger partial charge in [0.1, 0.15) is 18.8 Å². The minimum Gasteiger partial charge on any atom is -0.479 e. The molecular weight excluding hydrogens is 949 g/mol. The Morgan fingerprint density at radius 2 is 0.880 bits per heavy atom. The summed E-state index contributed by atoms with van der Waals surface area (Å²) in [5.41, 5.74) is 0. The summed E-state index contributed by atoms with van der Waals surface area (Å²) in [7, 11) is 0. The van der Waals surface area contributed by atoms with Crippen molar-refractivity contribution in [2.24, 2.45) is 0 Å². The van der Waals surface area contributed by atoms with Gasteiger partial charge >= 0.3 is 23.9 Å². The molecule has 1 heterocycles. The molecule has 12 nitrogen and oxygen atoms in total. The van der Waals surface area contributed by atoms with E-state index in [1.165, 1.54) is 19.3 Å². The molecule has 1 fully saturated rings. The fourth-order valence-corrected chi connectivity index (χ4v) is 7.72. The molecule has 0 spiro atoms. The maximum atomic E-state index is 13.1. The first kappa shape index (κ1) is 68.1. The van der Waals surface area contributed by atoms with E-state index in [2.05, 4.69) is 124 Å². The van der Waals surface area contributed by atoms with Crippen LogP contribution in [0.5, 0.6) is 0 Å². The van der Waals surface area contributed by atoms with E-state index in [0.717, 1.165) is 122 Å². The molecule has 75 heavy (non-hydrogen) atoms. The number of aliphatic hydroxyl groups excluding tert-OH is 2. The average molecular weight is 1050 g/mol. The lowest BCUT2D eigenvalue weighted by Gasteiger charge is -2.40. The van der Waals surface area contributed by atoms with Crippen LogP contribution in [-0.4, -0.2) is 89.2 Å². The number of ether oxygens (including phenoxy) is 5. The number of aliphatic hydroxyl groups is 2. The molecule has 0 radical (unpaired) electrons. The fourth-order valence-electron chi connectivity index (χ4n) is 7.72. The number of esters is 3. The predicted octanol–water partition coefficient (Wildman–Crippen LogP) is 14.4. The topological polar surface area (TPSA) is 175 Å². The summed E-state index contributed by atoms with van der Waals surface area (Å²) in [6, 6.07) is 0. The SMILES string of the molecule is CC/C=C\C/C=C\C/C=C\C/C=C\C/C=C\CC(=O)OCC(COC1OC(C(=O)O)C(O)C(O)C1OC(=O)CCCCCCCCC/C=C\C/C=C\CCCCC)OC(=O)CCCCC/C=C\C/C=C\C/C=C\CC. The number of carbonyl (C=O) groups is 4. The molecule has 1 aliphatic rings. The first-order chi connectivity index (χ1) is 36.6. The van der Waals surface area contributed by atoms with Gasteiger partial charge < -0.3 is 39.0 Å². The zero-order chi connectivity index (χ0) is 54.7. The van der Waals surface area contributed by atoms with Crippen molar-refractivity contribution >= 4 is 23.9 Å². The molecule has 0 bridgehead atoms. The van der Waals surface area contributed by atoms with Crippen LogP contribution < -0.4 is 0 Å². The van der Waals surface area contributed by atoms with Crippen LogP contribution in [0.4, 0.5) is 0 Å². The van der Waals surface area contributed by atoms with Crippen molar-refractivity contribution in [2.75, 3.05) is 13.2 Å². The zero-order valence-electron chi connectivity index (χ0n) is 46.2. The lowest BCUT2D eigenvalue weighted by atomic mass is 9.98. The number of allylic oxidation sites excluding steroid dienone is 19. The highest BCUT2D eigenvalue weighted by molar-refractivity contribution is 5.74. The second-order valence-corrected chi connectivity index (χ2v) is 18.8. The van der Waals surface area contributed by atoms with Gasteiger partial charge in [-0.05, 0) is 109 Å². The molecule has 0 aromatic rings. The number of carbonyl (C=O) groups excluding carboxylic acids is 3. The highest BCUT2D eigenvalue weighted by Crippen LogP contribution is 2.26. The molecule has 3 N–H and O–H groups in total. The van der Waals surface area contributed by atoms with Gasteiger partial charge in [0.05, 0.1) is 13.0 Å². The van der Waals surface area contributed by atoms with E-state index in [9.17, 15) is 34.5 Å². The molecular formula is C63H98O12. The first-order valence-corrected chi connectivity index (χ1v) is 28.5. The largest absolute Gasteiger partial charge is 0.479 e. The Kier molecular flexibility index (Phi) is 45.4. The summed E-state index contributed by atoms with van der Waals surface area (Å²) in [5.74, 6) is -3.35. The van der Waals surface area contributed by atoms with Gasteiger partial charge in [0.25, 0.3) is 0 Å². The van der Waals surface area contributed by atoms with Crippen molar-refractivity contribution in [3.63, 3.8) is 0 Å². The normalized spacial score (nSPS) is 19.1. The Hall–Kier alpha value is -4.88. The van der Waals surface area contributed by atoms with Crippen LogP contribution in [-0.2, 0) is 42.9 Å². The standard InChI is InChI=1S/C63H98O12/c1-4-7-10-13-16-19-22-25-27-28-30-33-36-39-42-45-48-51-57(66)74-61-59(68)58(67)60(62(69)70)75-63(61)72-53-54(73-56(65)50-47-44-41-38-35-31-24-21-18-15-12-9-6-3)52-71-55(64)49-46-43-40-37-34-32-29-26-23-20-17-14-11-8-5-2/h8-9,11-12,16-21,25-27,29,31,34-35,37,43,46,54,58-61,63,67-68H,4-7,10,13-15,22-24,28,30,32-33,36,38-42,44-45,47-53H2,1-3H3,(H,69,70)/b11-8-,12-9-,19-16-,20-17-,21-18-,27-25-,29-26-,35-31-,37-34-,46-43-. The smallest absolute Gasteiger partial charge is 0.335 e. The summed E-state index contributed by atoms with van der Waals surface area (Å²) in [6.07, 6.45) is 56.3. The van der Waals surface area contributed by atoms with Crippen LogP contribution in [0.25, 0.3) is 0 Å². The average Bonchev–Trinajstić information content (AvgIpc) is 3.39. The van der Waals surface area contributed by atoms with Crippen LogP contribution in [0.1, 0.15) is 201 Å². The van der Waals surface area contributed by atoms with Gasteiger partial charge in [-0.1, -0.05) is 194 Å². The maximum absolute atomic E-state index is 13.1. The first-order valence-electron chi connectivity index (χ1n) is 28.5. The Morgan fingerprint density at radius 3 is 1.36 bits per heavy atom. The number of hydrogen-bond acceptors (Lipinski definition) is 11. The van der Waals surface area contributed by atoms with E-state index in [1.54, 1.807) is 6.08 Å². The lowest BCUT2D eigenvalue weighted by molar-refractivity contribution is -0.301. The van der Waals surface area contributed by atoms with Crippen LogP contribution in [0.3, 0.4) is 0 Å². The number of carboxylic acids is 1. The van der Waals surface area contributed by atoms with Crippen molar-refractivity contribution in [1.29, 1.82) is 0 Å². The van der Waals surface area contributed by atoms with Crippen LogP contribution in [0.15, 0.2) is 122 Å². The Balaban J connectivity index is 2.77. The monoisotopic (exact) mass is 1050 g/mol. The molecule has 1 saturated heterocycles. The highest BCUT2D eigenvalue weighted by Gasteiger charge is 2.50. The van der Waals surface area contributed by atoms with Gasteiger partial charge in [-0.15, -0.1) is 0 Å². The number of carboxylic acid groups (broad SMARTS) is 1. The van der Waals surface area contributed by atoms with E-state index >= 15 is 0 Å². The van der Waals surface area contributed by atoms with E-state index < -0.39 is 67.3 Å². The summed E-state index contributed by atoms with van der Waals surface area (Å²) in [4.78, 5) is 51.0. The van der Waals surface area contributed by atoms with Crippen molar-refractivity contribution in [1.82, 2.24) is 0 Å². The third kappa shape index (κ3) is 40.1. The summed E-state index contributed by atoms with van der Waals surface area (Å²) in [5, 5.41) is 31.4. The number of rotatable bonds is 46. The third-order valence-electron chi connectivity index (χ3n) is 12.0. The van der Waals surface area contributed by atoms with Gasteiger partial charge in [0, 0.05) is 12.8 Å². The van der Waals surface area contributed by atoms with Crippen LogP contribution in [0.2, 0.25) is 0 Å². The third-order valence-corrected chi connectivity index (χ3v) is 12.0. The molecule has 1 rings (SSSR count). The van der Waals surface area contributed by atoms with E-state index in [1.807, 2.05) is 12.2 Å². The molecule has 6 unspecified atom stereocenters. The predicted molar refractivity (Wildman–Crippen MR) is 303 cm³/mol. The maximum Gasteiger partial charge on any atom is 0.335 e. The Bertz CT molecular complexity index is 1770. The minimum absolute atomic E-state index is 0.0280. The van der Waals surface area contributed by atoms with E-state index in [0.29, 0.717) is 19.3 Å². The molecule has 0 aromatic heterocycles. The number of unbranched alkanes of at least 4 members (excludes halogenated alkanes) is 13. The molecule has 12 heteroatoms. The van der Waals surface area contributed by atoms with E-state index in [-0.39, 0.29) is 25.9 Å². The van der Waals surface area contributed by atoms with Crippen LogP contribution in [0, 0.1) is 0 Å². The van der Waals surface area contributed by atoms with Crippen LogP contribution >= 0.6 is 0 Å². The quantitative estimate of drug-likeness (QED) is 0.0228. The molecule has 6 atom stereocenters. The fraction of sp³-hybridized carbons (Fsp3) is 0.619. The second-order valence-electron chi connectivity index (χ2n) is 18.8. The second kappa shape index (κ2) is 50.0. The van der Waals surface area contributed by atoms with Gasteiger partial charge in [-0.2, -0.15) is 0 Å². The van der Waals surface area contributed by atoms with Gasteiger partial charge in [-0.3, -0.25) is 14.4 Å². The lowest BCUT2D eigenvalue weighted by Crippen LogP contribution is -2.61. The Morgan fingerprint density at radius 1 is 0.467 bits per heavy atom. The molecule has 0 saturated carbocycles. The zero-order valence-corrected chi connectivity index (χ0v) is 46.2. The van der Waals surface area contributed by atoms with Gasteiger partial charge in [0.15, 0.2) is 24.6 Å². The van der Waals surface area contributed by atoms with Gasteiger partial charge in [0.2, 0.25) is 0 Å². The number of aliphatic carboxylic acids is 1. The number of hydrogen-bond donors (Lipinski definition) is 3. The summed E-state index contributed by atoms with van der Waals surface area (Å²) >= 11 is 0. The van der Waals surface area contributed by atoms with E-state index in [4.69, 9.17) is 23.7 Å².